The zero-order valence-electron chi connectivity index (χ0n) is 14.6. The van der Waals surface area contributed by atoms with E-state index in [2.05, 4.69) is 25.1 Å². The Morgan fingerprint density at radius 2 is 1.89 bits per heavy atom. The molecule has 0 aliphatic heterocycles. The highest BCUT2D eigenvalue weighted by molar-refractivity contribution is 5.70. The predicted octanol–water partition coefficient (Wildman–Crippen LogP) is 0.391. The molecule has 0 aliphatic rings. The highest BCUT2D eigenvalue weighted by Gasteiger charge is 2.11. The number of aromatic nitrogens is 7. The van der Waals surface area contributed by atoms with Gasteiger partial charge >= 0.3 is 5.69 Å². The minimum Gasteiger partial charge on any atom is -0.487 e. The van der Waals surface area contributed by atoms with Crippen molar-refractivity contribution in [3.63, 3.8) is 0 Å². The number of nitrogens with one attached hydrogen (secondary N) is 1. The summed E-state index contributed by atoms with van der Waals surface area (Å²) in [6.45, 7) is 0.396. The van der Waals surface area contributed by atoms with Crippen molar-refractivity contribution in [3.8, 4) is 17.1 Å². The molecule has 3 heterocycles. The Morgan fingerprint density at radius 1 is 1.11 bits per heavy atom. The van der Waals surface area contributed by atoms with Gasteiger partial charge in [-0.1, -0.05) is 0 Å². The first-order valence-corrected chi connectivity index (χ1v) is 8.05. The predicted molar refractivity (Wildman–Crippen MR) is 96.2 cm³/mol. The number of hydrogen-bond donors (Lipinski definition) is 1. The normalized spacial score (nSPS) is 11.0. The van der Waals surface area contributed by atoms with Crippen LogP contribution >= 0.6 is 0 Å². The lowest BCUT2D eigenvalue weighted by atomic mass is 10.2. The van der Waals surface area contributed by atoms with Crippen molar-refractivity contribution in [1.29, 1.82) is 0 Å². The number of nitrogens with zero attached hydrogens (tertiary/aromatic N) is 6. The molecule has 4 aromatic rings. The van der Waals surface area contributed by atoms with Gasteiger partial charge in [0.2, 0.25) is 0 Å². The van der Waals surface area contributed by atoms with Crippen molar-refractivity contribution in [2.45, 2.75) is 6.61 Å². The Kier molecular flexibility index (Phi) is 3.99. The Balaban J connectivity index is 1.61. The monoisotopic (exact) mass is 365 g/mol. The molecule has 0 radical (unpaired) electrons. The first kappa shape index (κ1) is 16.6. The number of ether oxygens (including phenoxy) is 1. The van der Waals surface area contributed by atoms with Crippen molar-refractivity contribution >= 4 is 11.2 Å². The molecule has 3 aromatic heterocycles. The van der Waals surface area contributed by atoms with Crippen molar-refractivity contribution in [2.24, 2.45) is 14.1 Å². The number of hydrogen-bond acceptors (Lipinski definition) is 7. The van der Waals surface area contributed by atoms with Gasteiger partial charge in [0.15, 0.2) is 17.0 Å². The molecule has 0 saturated heterocycles. The molecular weight excluding hydrogens is 350 g/mol. The number of aryl methyl sites for hydroxylation is 1. The molecule has 0 fully saturated rings. The van der Waals surface area contributed by atoms with Gasteiger partial charge in [0.05, 0.1) is 18.2 Å². The van der Waals surface area contributed by atoms with Crippen molar-refractivity contribution < 1.29 is 4.74 Å². The maximum Gasteiger partial charge on any atom is 0.329 e. The number of rotatable bonds is 4. The van der Waals surface area contributed by atoms with E-state index in [1.165, 1.54) is 7.05 Å². The Bertz CT molecular complexity index is 1240. The average Bonchev–Trinajstić information content (AvgIpc) is 3.10. The highest BCUT2D eigenvalue weighted by Crippen LogP contribution is 2.20. The van der Waals surface area contributed by atoms with Crippen LogP contribution in [0.3, 0.4) is 0 Å². The lowest BCUT2D eigenvalue weighted by molar-refractivity contribution is 0.297. The molecule has 4 rings (SSSR count). The molecule has 136 valence electrons. The first-order chi connectivity index (χ1) is 13.0. The zero-order chi connectivity index (χ0) is 19.0. The van der Waals surface area contributed by atoms with Crippen molar-refractivity contribution in [1.82, 2.24) is 34.3 Å². The Labute approximate surface area is 152 Å². The molecule has 10 nitrogen and oxygen atoms in total. The molecule has 10 heteroatoms. The summed E-state index contributed by atoms with van der Waals surface area (Å²) < 4.78 is 8.55. The van der Waals surface area contributed by atoms with Gasteiger partial charge < -0.3 is 9.30 Å². The lowest BCUT2D eigenvalue weighted by Gasteiger charge is -2.07. The van der Waals surface area contributed by atoms with Crippen LogP contribution in [0, 0.1) is 0 Å². The molecule has 0 atom stereocenters. The molecule has 0 spiro atoms. The number of fused-ring (bicyclic) bond motifs is 1. The van der Waals surface area contributed by atoms with Crippen LogP contribution < -0.4 is 16.0 Å². The summed E-state index contributed by atoms with van der Waals surface area (Å²) in [6, 6.07) is 7.11. The summed E-state index contributed by atoms with van der Waals surface area (Å²) >= 11 is 0. The summed E-state index contributed by atoms with van der Waals surface area (Å²) in [7, 11) is 3.27. The molecule has 0 saturated carbocycles. The van der Waals surface area contributed by atoms with Gasteiger partial charge in [-0.05, 0) is 24.3 Å². The summed E-state index contributed by atoms with van der Waals surface area (Å²) in [5.41, 5.74) is 0.644. The zero-order valence-corrected chi connectivity index (χ0v) is 14.6. The molecule has 1 aromatic carbocycles. The van der Waals surface area contributed by atoms with Crippen LogP contribution in [0.1, 0.15) is 5.69 Å². The summed E-state index contributed by atoms with van der Waals surface area (Å²) in [5.74, 6) is 0.957. The second-order valence-corrected chi connectivity index (χ2v) is 5.94. The fraction of sp³-hybridized carbons (Fsp3) is 0.176. The van der Waals surface area contributed by atoms with E-state index in [9.17, 15) is 9.59 Å². The van der Waals surface area contributed by atoms with Gasteiger partial charge in [0.1, 0.15) is 12.4 Å². The fourth-order valence-electron chi connectivity index (χ4n) is 2.50. The third-order valence-electron chi connectivity index (χ3n) is 4.14. The van der Waals surface area contributed by atoms with E-state index in [0.717, 1.165) is 10.3 Å². The molecular formula is C17H15N7O3. The third-order valence-corrected chi connectivity index (χ3v) is 4.14. The topological polar surface area (TPSA) is 121 Å². The molecule has 0 bridgehead atoms. The van der Waals surface area contributed by atoms with E-state index >= 15 is 0 Å². The maximum atomic E-state index is 12.2. The van der Waals surface area contributed by atoms with E-state index in [0.29, 0.717) is 17.9 Å². The van der Waals surface area contributed by atoms with Crippen LogP contribution in [0.2, 0.25) is 0 Å². The number of benzene rings is 1. The van der Waals surface area contributed by atoms with Crippen LogP contribution in [0.4, 0.5) is 0 Å². The Hall–Kier alpha value is -3.82. The van der Waals surface area contributed by atoms with E-state index in [1.807, 2.05) is 11.6 Å². The minimum absolute atomic E-state index is 0.0543. The summed E-state index contributed by atoms with van der Waals surface area (Å²) in [6.07, 6.45) is 3.46. The average molecular weight is 365 g/mol. The second kappa shape index (κ2) is 6.48. The van der Waals surface area contributed by atoms with Crippen LogP contribution in [-0.4, -0.2) is 34.3 Å². The van der Waals surface area contributed by atoms with Gasteiger partial charge in [0, 0.05) is 19.7 Å². The second-order valence-electron chi connectivity index (χ2n) is 5.94. The smallest absolute Gasteiger partial charge is 0.329 e. The number of H-pyrrole nitrogens is 1. The quantitative estimate of drug-likeness (QED) is 0.555. The number of aromatic amines is 1. The van der Waals surface area contributed by atoms with E-state index in [4.69, 9.17) is 4.74 Å². The third kappa shape index (κ3) is 3.08. The van der Waals surface area contributed by atoms with Crippen LogP contribution in [-0.2, 0) is 20.7 Å². The minimum atomic E-state index is -0.564. The van der Waals surface area contributed by atoms with Crippen molar-refractivity contribution in [2.75, 3.05) is 0 Å². The first-order valence-electron chi connectivity index (χ1n) is 8.05. The van der Waals surface area contributed by atoms with Gasteiger partial charge in [-0.3, -0.25) is 14.3 Å². The maximum absolute atomic E-state index is 12.2. The van der Waals surface area contributed by atoms with Gasteiger partial charge in [-0.2, -0.15) is 0 Å². The van der Waals surface area contributed by atoms with Crippen LogP contribution in [0.5, 0.6) is 5.75 Å². The SMILES string of the molecule is Cn1cncc1COc1ccc(-c2nnc3[nH]c(=O)n(C)c(=O)c3n2)cc1. The molecule has 0 unspecified atom stereocenters. The van der Waals surface area contributed by atoms with E-state index in [-0.39, 0.29) is 17.0 Å². The molecule has 1 N–H and O–H groups in total. The van der Waals surface area contributed by atoms with Crippen molar-refractivity contribution in [3.05, 3.63) is 63.3 Å². The molecule has 27 heavy (non-hydrogen) atoms. The van der Waals surface area contributed by atoms with Gasteiger partial charge in [0.25, 0.3) is 5.56 Å². The molecule has 0 aliphatic carbocycles. The standard InChI is InChI=1S/C17H15N7O3/c1-23-9-18-7-11(23)8-27-12-5-3-10(4-6-12)14-19-13-15(22-21-14)20-17(26)24(2)16(13)25/h3-7,9H,8H2,1-2H3,(H,20,22,26). The van der Waals surface area contributed by atoms with Crippen LogP contribution in [0.25, 0.3) is 22.6 Å². The van der Waals surface area contributed by atoms with Gasteiger partial charge in [-0.25, -0.2) is 14.8 Å². The number of imidazole rings is 1. The highest BCUT2D eigenvalue weighted by atomic mass is 16.5. The summed E-state index contributed by atoms with van der Waals surface area (Å²) in [5, 5.41) is 7.89. The fourth-order valence-corrected chi connectivity index (χ4v) is 2.50. The van der Waals surface area contributed by atoms with E-state index in [1.54, 1.807) is 36.8 Å². The Morgan fingerprint density at radius 3 is 2.59 bits per heavy atom. The summed E-state index contributed by atoms with van der Waals surface area (Å²) in [4.78, 5) is 34.6. The van der Waals surface area contributed by atoms with E-state index < -0.39 is 11.2 Å². The van der Waals surface area contributed by atoms with Crippen LogP contribution in [0.15, 0.2) is 46.4 Å². The van der Waals surface area contributed by atoms with Gasteiger partial charge in [-0.15, -0.1) is 10.2 Å². The lowest BCUT2D eigenvalue weighted by Crippen LogP contribution is -2.33. The molecule has 0 amide bonds. The largest absolute Gasteiger partial charge is 0.487 e.